The average Bonchev–Trinajstić information content (AvgIpc) is 2.88. The normalized spacial score (nSPS) is 16.4. The Kier molecular flexibility index (Phi) is 4.46. The number of carbonyl (C=O) groups is 2. The van der Waals surface area contributed by atoms with Crippen molar-refractivity contribution in [3.63, 3.8) is 0 Å². The first-order valence-corrected chi connectivity index (χ1v) is 7.13. The van der Waals surface area contributed by atoms with E-state index in [9.17, 15) is 9.59 Å². The molecule has 0 saturated heterocycles. The van der Waals surface area contributed by atoms with Crippen LogP contribution in [0.1, 0.15) is 43.2 Å². The molecule has 0 aliphatic heterocycles. The van der Waals surface area contributed by atoms with Gasteiger partial charge in [0.1, 0.15) is 5.60 Å². The summed E-state index contributed by atoms with van der Waals surface area (Å²) in [6, 6.07) is 7.97. The number of carbonyl (C=O) groups excluding carboxylic acids is 1. The van der Waals surface area contributed by atoms with Gasteiger partial charge in [-0.25, -0.2) is 4.79 Å². The van der Waals surface area contributed by atoms with Gasteiger partial charge in [-0.3, -0.25) is 4.79 Å². The van der Waals surface area contributed by atoms with E-state index in [1.54, 1.807) is 0 Å². The lowest BCUT2D eigenvalue weighted by Crippen LogP contribution is -2.29. The van der Waals surface area contributed by atoms with Crippen LogP contribution in [0, 0.1) is 6.92 Å². The number of carboxylic acids is 1. The topological polar surface area (TPSA) is 63.6 Å². The van der Waals surface area contributed by atoms with E-state index in [1.165, 1.54) is 0 Å². The summed E-state index contributed by atoms with van der Waals surface area (Å²) in [5, 5.41) is 8.80. The fourth-order valence-electron chi connectivity index (χ4n) is 2.76. The number of rotatable bonds is 5. The van der Waals surface area contributed by atoms with Crippen molar-refractivity contribution < 1.29 is 19.4 Å². The number of hydrogen-bond donors (Lipinski definition) is 1. The maximum atomic E-state index is 12.0. The summed E-state index contributed by atoms with van der Waals surface area (Å²) in [5.41, 5.74) is 1.39. The van der Waals surface area contributed by atoms with Crippen LogP contribution in [0.4, 0.5) is 0 Å². The lowest BCUT2D eigenvalue weighted by atomic mass is 9.91. The molecule has 0 radical (unpaired) electrons. The van der Waals surface area contributed by atoms with Gasteiger partial charge in [-0.05, 0) is 38.2 Å². The molecular formula is C17H20O4. The predicted molar refractivity (Wildman–Crippen MR) is 78.8 cm³/mol. The summed E-state index contributed by atoms with van der Waals surface area (Å²) >= 11 is 0. The molecule has 1 aliphatic carbocycles. The maximum Gasteiger partial charge on any atom is 0.331 e. The maximum absolute atomic E-state index is 12.0. The Bertz CT molecular complexity index is 551. The van der Waals surface area contributed by atoms with E-state index in [1.807, 2.05) is 31.2 Å². The molecule has 0 bridgehead atoms. The summed E-state index contributed by atoms with van der Waals surface area (Å²) in [6.07, 6.45) is 3.29. The van der Waals surface area contributed by atoms with E-state index in [0.29, 0.717) is 0 Å². The highest BCUT2D eigenvalue weighted by Crippen LogP contribution is 2.42. The van der Waals surface area contributed by atoms with Crippen LogP contribution in [0.25, 0.3) is 0 Å². The molecule has 1 aromatic carbocycles. The summed E-state index contributed by atoms with van der Waals surface area (Å²) < 4.78 is 5.68. The third-order valence-electron chi connectivity index (χ3n) is 3.96. The first-order chi connectivity index (χ1) is 9.93. The third kappa shape index (κ3) is 3.51. The van der Waals surface area contributed by atoms with E-state index in [0.717, 1.165) is 36.8 Å². The fourth-order valence-corrected chi connectivity index (χ4v) is 2.76. The molecular weight excluding hydrogens is 268 g/mol. The van der Waals surface area contributed by atoms with Crippen molar-refractivity contribution in [2.75, 3.05) is 0 Å². The van der Waals surface area contributed by atoms with Crippen molar-refractivity contribution in [1.29, 1.82) is 0 Å². The third-order valence-corrected chi connectivity index (χ3v) is 3.96. The van der Waals surface area contributed by atoms with Crippen molar-refractivity contribution in [2.24, 2.45) is 0 Å². The second-order valence-electron chi connectivity index (χ2n) is 5.63. The Hall–Kier alpha value is -2.10. The molecule has 1 aliphatic rings. The highest BCUT2D eigenvalue weighted by Gasteiger charge is 2.39. The van der Waals surface area contributed by atoms with Crippen LogP contribution in [-0.2, 0) is 19.9 Å². The van der Waals surface area contributed by atoms with Crippen molar-refractivity contribution >= 4 is 11.9 Å². The highest BCUT2D eigenvalue weighted by atomic mass is 16.6. The van der Waals surface area contributed by atoms with Crippen LogP contribution < -0.4 is 0 Å². The highest BCUT2D eigenvalue weighted by molar-refractivity contribution is 5.91. The van der Waals surface area contributed by atoms with Gasteiger partial charge in [-0.2, -0.15) is 0 Å². The summed E-state index contributed by atoms with van der Waals surface area (Å²) in [4.78, 5) is 22.8. The first-order valence-electron chi connectivity index (χ1n) is 7.13. The van der Waals surface area contributed by atoms with Crippen LogP contribution in [0.15, 0.2) is 36.4 Å². The van der Waals surface area contributed by atoms with Crippen molar-refractivity contribution in [3.8, 4) is 0 Å². The number of aryl methyl sites for hydroxylation is 1. The standard InChI is InChI=1S/C17H20O4/c1-12-5-7-14(8-6-12)17(9-3-4-10-17)21-15(18)11-13(2)16(19)20/h5-8H,2-4,9-11H2,1H3,(H,19,20). The molecule has 1 saturated carbocycles. The lowest BCUT2D eigenvalue weighted by molar-refractivity contribution is -0.160. The minimum atomic E-state index is -1.16. The number of ether oxygens (including phenoxy) is 1. The Morgan fingerprint density at radius 2 is 1.81 bits per heavy atom. The zero-order valence-electron chi connectivity index (χ0n) is 12.2. The van der Waals surface area contributed by atoms with E-state index in [2.05, 4.69) is 6.58 Å². The monoisotopic (exact) mass is 288 g/mol. The predicted octanol–water partition coefficient (Wildman–Crippen LogP) is 3.34. The molecule has 0 unspecified atom stereocenters. The average molecular weight is 288 g/mol. The van der Waals surface area contributed by atoms with Gasteiger partial charge in [0.25, 0.3) is 0 Å². The smallest absolute Gasteiger partial charge is 0.331 e. The van der Waals surface area contributed by atoms with Crippen LogP contribution >= 0.6 is 0 Å². The first kappa shape index (κ1) is 15.3. The zero-order valence-corrected chi connectivity index (χ0v) is 12.2. The molecule has 1 N–H and O–H groups in total. The van der Waals surface area contributed by atoms with Gasteiger partial charge in [0, 0.05) is 5.57 Å². The molecule has 2 rings (SSSR count). The van der Waals surface area contributed by atoms with Gasteiger partial charge in [-0.1, -0.05) is 36.4 Å². The summed E-state index contributed by atoms with van der Waals surface area (Å²) in [7, 11) is 0. The van der Waals surface area contributed by atoms with Gasteiger partial charge in [0.15, 0.2) is 0 Å². The van der Waals surface area contributed by atoms with Crippen LogP contribution in [-0.4, -0.2) is 17.0 Å². The quantitative estimate of drug-likeness (QED) is 0.666. The van der Waals surface area contributed by atoms with E-state index < -0.39 is 17.5 Å². The molecule has 112 valence electrons. The molecule has 0 atom stereocenters. The Balaban J connectivity index is 2.15. The van der Waals surface area contributed by atoms with Gasteiger partial charge < -0.3 is 9.84 Å². The SMILES string of the molecule is C=C(CC(=O)OC1(c2ccc(C)cc2)CCCC1)C(=O)O. The van der Waals surface area contributed by atoms with Gasteiger partial charge in [0.05, 0.1) is 6.42 Å². The number of aliphatic carboxylic acids is 1. The molecule has 4 nitrogen and oxygen atoms in total. The molecule has 21 heavy (non-hydrogen) atoms. The summed E-state index contributed by atoms with van der Waals surface area (Å²) in [6.45, 7) is 5.38. The van der Waals surface area contributed by atoms with E-state index in [4.69, 9.17) is 9.84 Å². The van der Waals surface area contributed by atoms with Crippen molar-refractivity contribution in [1.82, 2.24) is 0 Å². The number of carboxylic acid groups (broad SMARTS) is 1. The van der Waals surface area contributed by atoms with Crippen LogP contribution in [0.3, 0.4) is 0 Å². The van der Waals surface area contributed by atoms with Crippen molar-refractivity contribution in [3.05, 3.63) is 47.5 Å². The molecule has 4 heteroatoms. The molecule has 1 aromatic rings. The Morgan fingerprint density at radius 3 is 2.33 bits per heavy atom. The molecule has 0 spiro atoms. The largest absolute Gasteiger partial charge is 0.478 e. The minimum absolute atomic E-state index is 0.142. The number of esters is 1. The second-order valence-corrected chi connectivity index (χ2v) is 5.63. The number of hydrogen-bond acceptors (Lipinski definition) is 3. The van der Waals surface area contributed by atoms with Crippen LogP contribution in [0.5, 0.6) is 0 Å². The fraction of sp³-hybridized carbons (Fsp3) is 0.412. The molecule has 0 aromatic heterocycles. The minimum Gasteiger partial charge on any atom is -0.478 e. The van der Waals surface area contributed by atoms with Gasteiger partial charge in [0.2, 0.25) is 0 Å². The summed E-state index contributed by atoms with van der Waals surface area (Å²) in [5.74, 6) is -1.69. The second kappa shape index (κ2) is 6.12. The Morgan fingerprint density at radius 1 is 1.24 bits per heavy atom. The van der Waals surface area contributed by atoms with Gasteiger partial charge in [-0.15, -0.1) is 0 Å². The molecule has 0 amide bonds. The van der Waals surface area contributed by atoms with Gasteiger partial charge >= 0.3 is 11.9 Å². The van der Waals surface area contributed by atoms with E-state index >= 15 is 0 Å². The molecule has 0 heterocycles. The zero-order chi connectivity index (χ0) is 15.5. The number of benzene rings is 1. The van der Waals surface area contributed by atoms with Crippen molar-refractivity contribution in [2.45, 2.75) is 44.6 Å². The van der Waals surface area contributed by atoms with Crippen LogP contribution in [0.2, 0.25) is 0 Å². The lowest BCUT2D eigenvalue weighted by Gasteiger charge is -2.30. The Labute approximate surface area is 124 Å². The van der Waals surface area contributed by atoms with E-state index in [-0.39, 0.29) is 12.0 Å². The molecule has 1 fully saturated rings.